The van der Waals surface area contributed by atoms with E-state index < -0.39 is 41.8 Å². The Labute approximate surface area is 147 Å². The van der Waals surface area contributed by atoms with Gasteiger partial charge in [0.15, 0.2) is 0 Å². The molecule has 0 aliphatic carbocycles. The molecular weight excluding hydrogens is 328 g/mol. The molecule has 7 N–H and O–H groups in total. The first-order valence-electron chi connectivity index (χ1n) is 8.51. The van der Waals surface area contributed by atoms with Gasteiger partial charge in [-0.1, -0.05) is 33.6 Å². The summed E-state index contributed by atoms with van der Waals surface area (Å²) in [6, 6.07) is -2.72. The summed E-state index contributed by atoms with van der Waals surface area (Å²) in [7, 11) is 0. The summed E-state index contributed by atoms with van der Waals surface area (Å²) in [4.78, 5) is 46.6. The van der Waals surface area contributed by atoms with Gasteiger partial charge in [0.1, 0.15) is 12.1 Å². The monoisotopic (exact) mass is 358 g/mol. The summed E-state index contributed by atoms with van der Waals surface area (Å²) in [5, 5.41) is 13.8. The van der Waals surface area contributed by atoms with Crippen LogP contribution in [-0.2, 0) is 19.2 Å². The molecule has 25 heavy (non-hydrogen) atoms. The van der Waals surface area contributed by atoms with Gasteiger partial charge in [-0.3, -0.25) is 19.2 Å². The van der Waals surface area contributed by atoms with Crippen molar-refractivity contribution >= 4 is 23.7 Å². The van der Waals surface area contributed by atoms with E-state index >= 15 is 0 Å². The van der Waals surface area contributed by atoms with E-state index in [1.165, 1.54) is 0 Å². The summed E-state index contributed by atoms with van der Waals surface area (Å²) < 4.78 is 0. The quantitative estimate of drug-likeness (QED) is 0.315. The van der Waals surface area contributed by atoms with Crippen molar-refractivity contribution in [2.24, 2.45) is 17.4 Å². The molecule has 9 nitrogen and oxygen atoms in total. The van der Waals surface area contributed by atoms with Crippen LogP contribution in [0, 0.1) is 5.92 Å². The first-order chi connectivity index (χ1) is 11.6. The number of nitrogens with two attached hydrogens (primary N) is 2. The highest BCUT2D eigenvalue weighted by Gasteiger charge is 2.30. The van der Waals surface area contributed by atoms with Crippen molar-refractivity contribution < 1.29 is 24.3 Å². The molecule has 0 spiro atoms. The lowest BCUT2D eigenvalue weighted by Crippen LogP contribution is -2.57. The van der Waals surface area contributed by atoms with Gasteiger partial charge >= 0.3 is 5.97 Å². The Morgan fingerprint density at radius 2 is 1.64 bits per heavy atom. The molecule has 3 amide bonds. The highest BCUT2D eigenvalue weighted by atomic mass is 16.4. The SMILES string of the molecule is CCC[C@H](NC(=O)[C@@H](NC(=O)[C@@H](N)CCC(=O)O)[C@@H](C)CC)C(N)=O. The highest BCUT2D eigenvalue weighted by Crippen LogP contribution is 2.10. The molecule has 9 heteroatoms. The number of carbonyl (C=O) groups excluding carboxylic acids is 3. The van der Waals surface area contributed by atoms with Crippen molar-refractivity contribution in [3.63, 3.8) is 0 Å². The Bertz CT molecular complexity index is 483. The normalized spacial score (nSPS) is 15.5. The minimum atomic E-state index is -1.05. The fourth-order valence-corrected chi connectivity index (χ4v) is 2.21. The van der Waals surface area contributed by atoms with E-state index in [2.05, 4.69) is 10.6 Å². The number of hydrogen-bond acceptors (Lipinski definition) is 5. The van der Waals surface area contributed by atoms with Gasteiger partial charge in [0.05, 0.1) is 6.04 Å². The van der Waals surface area contributed by atoms with Crippen LogP contribution in [0.25, 0.3) is 0 Å². The van der Waals surface area contributed by atoms with Crippen LogP contribution in [0.1, 0.15) is 52.9 Å². The van der Waals surface area contributed by atoms with E-state index in [0.717, 1.165) is 0 Å². The molecule has 0 rings (SSSR count). The summed E-state index contributed by atoms with van der Waals surface area (Å²) >= 11 is 0. The van der Waals surface area contributed by atoms with E-state index in [4.69, 9.17) is 16.6 Å². The van der Waals surface area contributed by atoms with Crippen molar-refractivity contribution in [2.45, 2.75) is 71.0 Å². The molecule has 0 unspecified atom stereocenters. The molecule has 0 aromatic carbocycles. The van der Waals surface area contributed by atoms with Crippen LogP contribution in [-0.4, -0.2) is 46.9 Å². The third-order valence-corrected chi connectivity index (χ3v) is 4.04. The van der Waals surface area contributed by atoms with Gasteiger partial charge in [-0.2, -0.15) is 0 Å². The molecule has 0 heterocycles. The Kier molecular flexibility index (Phi) is 10.4. The molecule has 0 fully saturated rings. The first-order valence-corrected chi connectivity index (χ1v) is 8.51. The van der Waals surface area contributed by atoms with Gasteiger partial charge in [0.25, 0.3) is 0 Å². The Hall–Kier alpha value is -2.16. The maximum Gasteiger partial charge on any atom is 0.303 e. The van der Waals surface area contributed by atoms with Gasteiger partial charge in [0.2, 0.25) is 17.7 Å². The zero-order chi connectivity index (χ0) is 19.6. The van der Waals surface area contributed by atoms with Crippen LogP contribution >= 0.6 is 0 Å². The fraction of sp³-hybridized carbons (Fsp3) is 0.750. The predicted octanol–water partition coefficient (Wildman–Crippen LogP) is -0.520. The van der Waals surface area contributed by atoms with Crippen LogP contribution in [0.2, 0.25) is 0 Å². The average molecular weight is 358 g/mol. The van der Waals surface area contributed by atoms with E-state index in [9.17, 15) is 19.2 Å². The molecule has 0 aromatic rings. The van der Waals surface area contributed by atoms with Crippen molar-refractivity contribution in [3.8, 4) is 0 Å². The second-order valence-electron chi connectivity index (χ2n) is 6.16. The minimum Gasteiger partial charge on any atom is -0.481 e. The largest absolute Gasteiger partial charge is 0.481 e. The number of carboxylic acid groups (broad SMARTS) is 1. The molecule has 0 bridgehead atoms. The van der Waals surface area contributed by atoms with Crippen molar-refractivity contribution in [1.82, 2.24) is 10.6 Å². The van der Waals surface area contributed by atoms with Gasteiger partial charge in [-0.15, -0.1) is 0 Å². The zero-order valence-corrected chi connectivity index (χ0v) is 15.1. The second-order valence-corrected chi connectivity index (χ2v) is 6.16. The lowest BCUT2D eigenvalue weighted by molar-refractivity contribution is -0.137. The van der Waals surface area contributed by atoms with E-state index in [1.807, 2.05) is 13.8 Å². The molecule has 0 aliphatic heterocycles. The van der Waals surface area contributed by atoms with Crippen LogP contribution in [0.4, 0.5) is 0 Å². The summed E-state index contributed by atoms with van der Waals surface area (Å²) in [5.41, 5.74) is 11.0. The Balaban J connectivity index is 4.99. The number of carbonyl (C=O) groups is 4. The summed E-state index contributed by atoms with van der Waals surface area (Å²) in [6.45, 7) is 5.50. The fourth-order valence-electron chi connectivity index (χ4n) is 2.21. The van der Waals surface area contributed by atoms with E-state index in [1.54, 1.807) is 6.92 Å². The summed E-state index contributed by atoms with van der Waals surface area (Å²) in [5.74, 6) is -3.00. The number of hydrogen-bond donors (Lipinski definition) is 5. The van der Waals surface area contributed by atoms with E-state index in [0.29, 0.717) is 19.3 Å². The molecule has 0 saturated heterocycles. The molecular formula is C16H30N4O5. The van der Waals surface area contributed by atoms with Crippen LogP contribution < -0.4 is 22.1 Å². The smallest absolute Gasteiger partial charge is 0.303 e. The third-order valence-electron chi connectivity index (χ3n) is 4.04. The van der Waals surface area contributed by atoms with Crippen LogP contribution in [0.15, 0.2) is 0 Å². The van der Waals surface area contributed by atoms with Gasteiger partial charge in [-0.05, 0) is 18.8 Å². The van der Waals surface area contributed by atoms with Gasteiger partial charge in [0, 0.05) is 6.42 Å². The van der Waals surface area contributed by atoms with Crippen LogP contribution in [0.3, 0.4) is 0 Å². The van der Waals surface area contributed by atoms with Crippen molar-refractivity contribution in [3.05, 3.63) is 0 Å². The van der Waals surface area contributed by atoms with Gasteiger partial charge in [-0.25, -0.2) is 0 Å². The molecule has 144 valence electrons. The Morgan fingerprint density at radius 3 is 2.08 bits per heavy atom. The van der Waals surface area contributed by atoms with Crippen molar-refractivity contribution in [1.29, 1.82) is 0 Å². The number of amides is 3. The lowest BCUT2D eigenvalue weighted by Gasteiger charge is -2.26. The average Bonchev–Trinajstić information content (AvgIpc) is 2.55. The number of carboxylic acids is 1. The number of primary amides is 1. The first kappa shape index (κ1) is 22.8. The molecule has 4 atom stereocenters. The zero-order valence-electron chi connectivity index (χ0n) is 15.1. The molecule has 0 aromatic heterocycles. The number of nitrogens with one attached hydrogen (secondary N) is 2. The van der Waals surface area contributed by atoms with Crippen LogP contribution in [0.5, 0.6) is 0 Å². The predicted molar refractivity (Wildman–Crippen MR) is 92.3 cm³/mol. The number of aliphatic carboxylic acids is 1. The lowest BCUT2D eigenvalue weighted by atomic mass is 9.97. The minimum absolute atomic E-state index is 0.0320. The topological polar surface area (TPSA) is 165 Å². The molecule has 0 saturated carbocycles. The third kappa shape index (κ3) is 8.48. The van der Waals surface area contributed by atoms with Gasteiger partial charge < -0.3 is 27.2 Å². The van der Waals surface area contributed by atoms with Crippen molar-refractivity contribution in [2.75, 3.05) is 0 Å². The molecule has 0 aliphatic rings. The number of rotatable bonds is 12. The molecule has 0 radical (unpaired) electrons. The summed E-state index contributed by atoms with van der Waals surface area (Å²) in [6.07, 6.45) is 1.40. The maximum absolute atomic E-state index is 12.5. The van der Waals surface area contributed by atoms with E-state index in [-0.39, 0.29) is 18.8 Å². The standard InChI is InChI=1S/C16H30N4O5/c1-4-6-11(14(18)23)19-16(25)13(9(3)5-2)20-15(24)10(17)7-8-12(21)22/h9-11,13H,4-8,17H2,1-3H3,(H2,18,23)(H,19,25)(H,20,24)(H,21,22)/t9-,10-,11-,13-/m0/s1. The second kappa shape index (κ2) is 11.4. The Morgan fingerprint density at radius 1 is 1.04 bits per heavy atom. The maximum atomic E-state index is 12.5. The highest BCUT2D eigenvalue weighted by molar-refractivity contribution is 5.92.